The second kappa shape index (κ2) is 9.11. The number of aryl methyl sites for hydroxylation is 1. The lowest BCUT2D eigenvalue weighted by atomic mass is 10.1. The van der Waals surface area contributed by atoms with Crippen molar-refractivity contribution in [2.75, 3.05) is 25.0 Å². The molecule has 4 heteroatoms. The molecule has 1 amide bonds. The SMILES string of the molecule is Cc1cccc(O[C@@H](C)C(=O)NCCCN(C)c2ccccc2)c1C. The molecule has 1 atom stereocenters. The van der Waals surface area contributed by atoms with Gasteiger partial charge in [-0.1, -0.05) is 30.3 Å². The first-order valence-electron chi connectivity index (χ1n) is 8.76. The molecule has 134 valence electrons. The lowest BCUT2D eigenvalue weighted by Gasteiger charge is -2.20. The molecule has 2 aromatic carbocycles. The summed E-state index contributed by atoms with van der Waals surface area (Å²) in [7, 11) is 2.06. The van der Waals surface area contributed by atoms with Gasteiger partial charge in [0.25, 0.3) is 5.91 Å². The van der Waals surface area contributed by atoms with Crippen LogP contribution in [-0.2, 0) is 4.79 Å². The van der Waals surface area contributed by atoms with Crippen LogP contribution in [0.25, 0.3) is 0 Å². The van der Waals surface area contributed by atoms with Gasteiger partial charge in [0.1, 0.15) is 5.75 Å². The zero-order chi connectivity index (χ0) is 18.2. The lowest BCUT2D eigenvalue weighted by Crippen LogP contribution is -2.37. The van der Waals surface area contributed by atoms with E-state index in [1.807, 2.05) is 50.2 Å². The van der Waals surface area contributed by atoms with Crippen LogP contribution in [0.4, 0.5) is 5.69 Å². The van der Waals surface area contributed by atoms with E-state index < -0.39 is 6.10 Å². The molecule has 1 N–H and O–H groups in total. The van der Waals surface area contributed by atoms with Crippen molar-refractivity contribution >= 4 is 11.6 Å². The fourth-order valence-corrected chi connectivity index (χ4v) is 2.58. The molecule has 0 spiro atoms. The number of hydrogen-bond acceptors (Lipinski definition) is 3. The van der Waals surface area contributed by atoms with Gasteiger partial charge in [-0.05, 0) is 56.5 Å². The maximum Gasteiger partial charge on any atom is 0.260 e. The predicted molar refractivity (Wildman–Crippen MR) is 103 cm³/mol. The van der Waals surface area contributed by atoms with Crippen LogP contribution in [-0.4, -0.2) is 32.1 Å². The van der Waals surface area contributed by atoms with Gasteiger partial charge in [0, 0.05) is 25.8 Å². The highest BCUT2D eigenvalue weighted by Crippen LogP contribution is 2.21. The van der Waals surface area contributed by atoms with Crippen LogP contribution in [0.1, 0.15) is 24.5 Å². The Hall–Kier alpha value is -2.49. The van der Waals surface area contributed by atoms with Crippen LogP contribution in [0.15, 0.2) is 48.5 Å². The maximum atomic E-state index is 12.2. The summed E-state index contributed by atoms with van der Waals surface area (Å²) in [6.07, 6.45) is 0.375. The average Bonchev–Trinajstić information content (AvgIpc) is 2.62. The van der Waals surface area contributed by atoms with Gasteiger partial charge in [-0.2, -0.15) is 0 Å². The highest BCUT2D eigenvalue weighted by molar-refractivity contribution is 5.80. The Morgan fingerprint density at radius 2 is 1.84 bits per heavy atom. The van der Waals surface area contributed by atoms with E-state index in [0.717, 1.165) is 29.8 Å². The Balaban J connectivity index is 1.73. The van der Waals surface area contributed by atoms with E-state index >= 15 is 0 Å². The predicted octanol–water partition coefficient (Wildman–Crippen LogP) is 3.71. The highest BCUT2D eigenvalue weighted by Gasteiger charge is 2.15. The van der Waals surface area contributed by atoms with E-state index in [0.29, 0.717) is 6.54 Å². The van der Waals surface area contributed by atoms with Crippen LogP contribution in [0, 0.1) is 13.8 Å². The molecular weight excluding hydrogens is 312 g/mol. The third-order valence-electron chi connectivity index (χ3n) is 4.39. The number of nitrogens with zero attached hydrogens (tertiary/aromatic N) is 1. The van der Waals surface area contributed by atoms with Gasteiger partial charge in [0.15, 0.2) is 6.10 Å². The van der Waals surface area contributed by atoms with Crippen molar-refractivity contribution in [1.29, 1.82) is 0 Å². The molecule has 0 radical (unpaired) electrons. The highest BCUT2D eigenvalue weighted by atomic mass is 16.5. The third-order valence-corrected chi connectivity index (χ3v) is 4.39. The molecule has 4 nitrogen and oxygen atoms in total. The van der Waals surface area contributed by atoms with Gasteiger partial charge in [0.2, 0.25) is 0 Å². The molecule has 0 fully saturated rings. The number of benzene rings is 2. The fraction of sp³-hybridized carbons (Fsp3) is 0.381. The van der Waals surface area contributed by atoms with Crippen molar-refractivity contribution in [3.8, 4) is 5.75 Å². The monoisotopic (exact) mass is 340 g/mol. The molecule has 0 heterocycles. The van der Waals surface area contributed by atoms with Crippen molar-refractivity contribution < 1.29 is 9.53 Å². The summed E-state index contributed by atoms with van der Waals surface area (Å²) in [5, 5.41) is 2.95. The molecule has 0 saturated carbocycles. The minimum atomic E-state index is -0.507. The van der Waals surface area contributed by atoms with Crippen LogP contribution in [0.5, 0.6) is 5.75 Å². The number of anilines is 1. The van der Waals surface area contributed by atoms with Gasteiger partial charge in [-0.25, -0.2) is 0 Å². The second-order valence-corrected chi connectivity index (χ2v) is 6.36. The van der Waals surface area contributed by atoms with Gasteiger partial charge in [0.05, 0.1) is 0 Å². The van der Waals surface area contributed by atoms with E-state index in [4.69, 9.17) is 4.74 Å². The maximum absolute atomic E-state index is 12.2. The molecule has 0 aliphatic carbocycles. The number of rotatable bonds is 8. The molecule has 0 unspecified atom stereocenters. The minimum absolute atomic E-state index is 0.0803. The Kier molecular flexibility index (Phi) is 6.87. The number of para-hydroxylation sites is 1. The Morgan fingerprint density at radius 1 is 1.12 bits per heavy atom. The number of nitrogens with one attached hydrogen (secondary N) is 1. The molecule has 25 heavy (non-hydrogen) atoms. The van der Waals surface area contributed by atoms with Gasteiger partial charge >= 0.3 is 0 Å². The Morgan fingerprint density at radius 3 is 2.56 bits per heavy atom. The minimum Gasteiger partial charge on any atom is -0.481 e. The van der Waals surface area contributed by atoms with Crippen molar-refractivity contribution in [3.05, 3.63) is 59.7 Å². The Labute approximate surface area is 150 Å². The molecule has 0 bridgehead atoms. The first-order chi connectivity index (χ1) is 12.0. The van der Waals surface area contributed by atoms with Crippen LogP contribution in [0.2, 0.25) is 0 Å². The fourth-order valence-electron chi connectivity index (χ4n) is 2.58. The largest absolute Gasteiger partial charge is 0.481 e. The quantitative estimate of drug-likeness (QED) is 0.745. The smallest absolute Gasteiger partial charge is 0.260 e. The van der Waals surface area contributed by atoms with E-state index in [-0.39, 0.29) is 5.91 Å². The van der Waals surface area contributed by atoms with E-state index in [1.54, 1.807) is 6.92 Å². The summed E-state index contributed by atoms with van der Waals surface area (Å²) in [6, 6.07) is 16.1. The second-order valence-electron chi connectivity index (χ2n) is 6.36. The van der Waals surface area contributed by atoms with Crippen LogP contribution >= 0.6 is 0 Å². The van der Waals surface area contributed by atoms with Crippen LogP contribution < -0.4 is 15.0 Å². The zero-order valence-corrected chi connectivity index (χ0v) is 15.6. The van der Waals surface area contributed by atoms with Gasteiger partial charge in [-0.15, -0.1) is 0 Å². The van der Waals surface area contributed by atoms with E-state index in [2.05, 4.69) is 29.4 Å². The molecule has 2 rings (SSSR count). The summed E-state index contributed by atoms with van der Waals surface area (Å²) in [5.41, 5.74) is 3.42. The molecule has 0 saturated heterocycles. The topological polar surface area (TPSA) is 41.6 Å². The summed E-state index contributed by atoms with van der Waals surface area (Å²) in [5.74, 6) is 0.690. The molecule has 0 aliphatic rings. The summed E-state index contributed by atoms with van der Waals surface area (Å²) in [4.78, 5) is 14.4. The summed E-state index contributed by atoms with van der Waals surface area (Å²) in [6.45, 7) is 7.35. The lowest BCUT2D eigenvalue weighted by molar-refractivity contribution is -0.127. The number of amides is 1. The molecule has 0 aliphatic heterocycles. The van der Waals surface area contributed by atoms with E-state index in [9.17, 15) is 4.79 Å². The van der Waals surface area contributed by atoms with Gasteiger partial charge < -0.3 is 15.0 Å². The molecular formula is C21H28N2O2. The number of carbonyl (C=O) groups excluding carboxylic acids is 1. The van der Waals surface area contributed by atoms with Crippen molar-refractivity contribution in [2.24, 2.45) is 0 Å². The van der Waals surface area contributed by atoms with Crippen LogP contribution in [0.3, 0.4) is 0 Å². The average molecular weight is 340 g/mol. The third kappa shape index (κ3) is 5.52. The Bertz CT molecular complexity index is 686. The number of carbonyl (C=O) groups is 1. The molecule has 2 aromatic rings. The number of hydrogen-bond donors (Lipinski definition) is 1. The number of ether oxygens (including phenoxy) is 1. The van der Waals surface area contributed by atoms with Crippen molar-refractivity contribution in [1.82, 2.24) is 5.32 Å². The zero-order valence-electron chi connectivity index (χ0n) is 15.6. The first kappa shape index (κ1) is 18.8. The first-order valence-corrected chi connectivity index (χ1v) is 8.76. The summed E-state index contributed by atoms with van der Waals surface area (Å²) >= 11 is 0. The van der Waals surface area contributed by atoms with Crippen molar-refractivity contribution in [3.63, 3.8) is 0 Å². The normalized spacial score (nSPS) is 11.7. The standard InChI is InChI=1S/C21H28N2O2/c1-16-10-8-13-20(17(16)2)25-18(3)21(24)22-14-9-15-23(4)19-11-6-5-7-12-19/h5-8,10-13,18H,9,14-15H2,1-4H3,(H,22,24)/t18-/m0/s1. The van der Waals surface area contributed by atoms with E-state index in [1.165, 1.54) is 5.69 Å². The molecule has 0 aromatic heterocycles. The van der Waals surface area contributed by atoms with Crippen molar-refractivity contribution in [2.45, 2.75) is 33.3 Å². The van der Waals surface area contributed by atoms with Gasteiger partial charge in [-0.3, -0.25) is 4.79 Å². The summed E-state index contributed by atoms with van der Waals surface area (Å²) < 4.78 is 5.81.